The van der Waals surface area contributed by atoms with Crippen molar-refractivity contribution in [2.45, 2.75) is 19.3 Å². The molecule has 2 aromatic rings. The minimum atomic E-state index is -0.209. The SMILES string of the molecule is CC(C)(CNC(=O)Nc1ccc(N)cc1)c1cccs1. The van der Waals surface area contributed by atoms with E-state index in [1.54, 1.807) is 35.6 Å². The number of nitrogens with one attached hydrogen (secondary N) is 2. The lowest BCUT2D eigenvalue weighted by molar-refractivity contribution is 0.250. The molecule has 0 spiro atoms. The van der Waals surface area contributed by atoms with Gasteiger partial charge in [0.2, 0.25) is 0 Å². The molecular weight excluding hydrogens is 270 g/mol. The number of hydrogen-bond donors (Lipinski definition) is 3. The summed E-state index contributed by atoms with van der Waals surface area (Å²) >= 11 is 1.70. The highest BCUT2D eigenvalue weighted by atomic mass is 32.1. The van der Waals surface area contributed by atoms with Crippen LogP contribution in [0.2, 0.25) is 0 Å². The minimum Gasteiger partial charge on any atom is -0.399 e. The lowest BCUT2D eigenvalue weighted by atomic mass is 9.91. The average molecular weight is 289 g/mol. The molecule has 2 rings (SSSR count). The third-order valence-electron chi connectivity index (χ3n) is 3.05. The second-order valence-corrected chi connectivity index (χ2v) is 6.24. The number of nitrogens with two attached hydrogens (primary N) is 1. The average Bonchev–Trinajstić information content (AvgIpc) is 2.94. The first-order valence-corrected chi connectivity index (χ1v) is 7.30. The lowest BCUT2D eigenvalue weighted by Crippen LogP contribution is -2.38. The first-order chi connectivity index (χ1) is 9.47. The van der Waals surface area contributed by atoms with Crippen LogP contribution in [0.1, 0.15) is 18.7 Å². The van der Waals surface area contributed by atoms with Crippen molar-refractivity contribution in [3.63, 3.8) is 0 Å². The predicted molar refractivity (Wildman–Crippen MR) is 85.2 cm³/mol. The molecule has 1 aromatic carbocycles. The highest BCUT2D eigenvalue weighted by molar-refractivity contribution is 7.10. The summed E-state index contributed by atoms with van der Waals surface area (Å²) in [5, 5.41) is 7.73. The predicted octanol–water partition coefficient (Wildman–Crippen LogP) is 3.43. The molecule has 0 aliphatic rings. The number of hydrogen-bond acceptors (Lipinski definition) is 3. The molecular formula is C15H19N3OS. The summed E-state index contributed by atoms with van der Waals surface area (Å²) < 4.78 is 0. The van der Waals surface area contributed by atoms with Gasteiger partial charge in [-0.3, -0.25) is 0 Å². The van der Waals surface area contributed by atoms with Crippen molar-refractivity contribution in [2.24, 2.45) is 0 Å². The molecule has 2 amide bonds. The van der Waals surface area contributed by atoms with E-state index in [-0.39, 0.29) is 11.4 Å². The van der Waals surface area contributed by atoms with Crippen molar-refractivity contribution in [2.75, 3.05) is 17.6 Å². The number of nitrogen functional groups attached to an aromatic ring is 1. The van der Waals surface area contributed by atoms with Crippen molar-refractivity contribution in [1.82, 2.24) is 5.32 Å². The molecule has 5 heteroatoms. The van der Waals surface area contributed by atoms with Crippen molar-refractivity contribution in [3.8, 4) is 0 Å². The summed E-state index contributed by atoms with van der Waals surface area (Å²) in [6, 6.07) is 11.0. The first-order valence-electron chi connectivity index (χ1n) is 6.42. The second-order valence-electron chi connectivity index (χ2n) is 5.29. The highest BCUT2D eigenvalue weighted by Crippen LogP contribution is 2.26. The number of carbonyl (C=O) groups excluding carboxylic acids is 1. The van der Waals surface area contributed by atoms with E-state index in [2.05, 4.69) is 30.5 Å². The maximum atomic E-state index is 11.9. The van der Waals surface area contributed by atoms with E-state index >= 15 is 0 Å². The third kappa shape index (κ3) is 3.74. The fourth-order valence-electron chi connectivity index (χ4n) is 1.79. The Balaban J connectivity index is 1.88. The molecule has 0 aliphatic heterocycles. The fraction of sp³-hybridized carbons (Fsp3) is 0.267. The van der Waals surface area contributed by atoms with Crippen LogP contribution in [0.15, 0.2) is 41.8 Å². The molecule has 0 saturated heterocycles. The fourth-order valence-corrected chi connectivity index (χ4v) is 2.65. The Morgan fingerprint density at radius 2 is 1.95 bits per heavy atom. The zero-order chi connectivity index (χ0) is 14.6. The monoisotopic (exact) mass is 289 g/mol. The summed E-state index contributed by atoms with van der Waals surface area (Å²) in [5.74, 6) is 0. The van der Waals surface area contributed by atoms with Crippen molar-refractivity contribution >= 4 is 28.7 Å². The van der Waals surface area contributed by atoms with Crippen LogP contribution >= 0.6 is 11.3 Å². The molecule has 1 aromatic heterocycles. The van der Waals surface area contributed by atoms with Gasteiger partial charge >= 0.3 is 6.03 Å². The largest absolute Gasteiger partial charge is 0.399 e. The Morgan fingerprint density at radius 3 is 2.55 bits per heavy atom. The number of benzene rings is 1. The zero-order valence-electron chi connectivity index (χ0n) is 11.6. The van der Waals surface area contributed by atoms with Gasteiger partial charge in [-0.2, -0.15) is 0 Å². The molecule has 0 unspecified atom stereocenters. The van der Waals surface area contributed by atoms with Gasteiger partial charge in [-0.15, -0.1) is 11.3 Å². The van der Waals surface area contributed by atoms with Crippen LogP contribution in [0.25, 0.3) is 0 Å². The Kier molecular flexibility index (Phi) is 4.29. The van der Waals surface area contributed by atoms with E-state index in [0.29, 0.717) is 12.2 Å². The zero-order valence-corrected chi connectivity index (χ0v) is 12.5. The van der Waals surface area contributed by atoms with Gasteiger partial charge in [0.15, 0.2) is 0 Å². The van der Waals surface area contributed by atoms with Gasteiger partial charge < -0.3 is 16.4 Å². The number of amides is 2. The van der Waals surface area contributed by atoms with Crippen LogP contribution in [0.3, 0.4) is 0 Å². The van der Waals surface area contributed by atoms with Gasteiger partial charge in [-0.25, -0.2) is 4.79 Å². The summed E-state index contributed by atoms with van der Waals surface area (Å²) in [4.78, 5) is 13.1. The molecule has 20 heavy (non-hydrogen) atoms. The molecule has 0 saturated carbocycles. The molecule has 4 N–H and O–H groups in total. The number of thiophene rings is 1. The van der Waals surface area contributed by atoms with Crippen molar-refractivity contribution in [3.05, 3.63) is 46.7 Å². The van der Waals surface area contributed by atoms with Crippen LogP contribution < -0.4 is 16.4 Å². The van der Waals surface area contributed by atoms with Gasteiger partial charge in [0.05, 0.1) is 0 Å². The maximum absolute atomic E-state index is 11.9. The molecule has 0 aliphatic carbocycles. The van der Waals surface area contributed by atoms with Crippen LogP contribution in [0, 0.1) is 0 Å². The van der Waals surface area contributed by atoms with E-state index in [4.69, 9.17) is 5.73 Å². The molecule has 1 heterocycles. The van der Waals surface area contributed by atoms with E-state index in [0.717, 1.165) is 5.69 Å². The van der Waals surface area contributed by atoms with Gasteiger partial charge in [0.25, 0.3) is 0 Å². The van der Waals surface area contributed by atoms with E-state index < -0.39 is 0 Å². The third-order valence-corrected chi connectivity index (χ3v) is 4.28. The molecule has 0 bridgehead atoms. The van der Waals surface area contributed by atoms with E-state index in [1.807, 2.05) is 11.4 Å². The van der Waals surface area contributed by atoms with Crippen molar-refractivity contribution in [1.29, 1.82) is 0 Å². The smallest absolute Gasteiger partial charge is 0.319 e. The van der Waals surface area contributed by atoms with Gasteiger partial charge in [-0.1, -0.05) is 19.9 Å². The molecule has 0 atom stereocenters. The summed E-state index contributed by atoms with van der Waals surface area (Å²) in [5.41, 5.74) is 6.93. The normalized spacial score (nSPS) is 11.1. The molecule has 0 fully saturated rings. The van der Waals surface area contributed by atoms with Crippen LogP contribution in [-0.2, 0) is 5.41 Å². The number of anilines is 2. The van der Waals surface area contributed by atoms with Crippen LogP contribution in [0.5, 0.6) is 0 Å². The van der Waals surface area contributed by atoms with Gasteiger partial charge in [0.1, 0.15) is 0 Å². The van der Waals surface area contributed by atoms with Crippen LogP contribution in [0.4, 0.5) is 16.2 Å². The Hall–Kier alpha value is -2.01. The van der Waals surface area contributed by atoms with Gasteiger partial charge in [-0.05, 0) is 35.7 Å². The number of rotatable bonds is 4. The standard InChI is InChI=1S/C15H19N3OS/c1-15(2,13-4-3-9-20-13)10-17-14(19)18-12-7-5-11(16)6-8-12/h3-9H,10,16H2,1-2H3,(H2,17,18,19). The maximum Gasteiger partial charge on any atom is 0.319 e. The second kappa shape index (κ2) is 5.96. The summed E-state index contributed by atoms with van der Waals surface area (Å²) in [7, 11) is 0. The Bertz CT molecular complexity index is 561. The summed E-state index contributed by atoms with van der Waals surface area (Å²) in [6.07, 6.45) is 0. The van der Waals surface area contributed by atoms with Gasteiger partial charge in [0, 0.05) is 28.2 Å². The Labute approximate surface area is 123 Å². The first kappa shape index (κ1) is 14.4. The number of urea groups is 1. The minimum absolute atomic E-state index is 0.0768. The molecule has 106 valence electrons. The van der Waals surface area contributed by atoms with Crippen molar-refractivity contribution < 1.29 is 4.79 Å². The lowest BCUT2D eigenvalue weighted by Gasteiger charge is -2.23. The van der Waals surface area contributed by atoms with E-state index in [9.17, 15) is 4.79 Å². The summed E-state index contributed by atoms with van der Waals surface area (Å²) in [6.45, 7) is 4.80. The molecule has 4 nitrogen and oxygen atoms in total. The number of carbonyl (C=O) groups is 1. The topological polar surface area (TPSA) is 67.2 Å². The molecule has 0 radical (unpaired) electrons. The Morgan fingerprint density at radius 1 is 1.25 bits per heavy atom. The van der Waals surface area contributed by atoms with E-state index in [1.165, 1.54) is 4.88 Å². The van der Waals surface area contributed by atoms with Crippen LogP contribution in [-0.4, -0.2) is 12.6 Å². The highest BCUT2D eigenvalue weighted by Gasteiger charge is 2.22. The quantitative estimate of drug-likeness (QED) is 0.755.